The Morgan fingerprint density at radius 3 is 3.00 bits per heavy atom. The normalized spacial score (nSPS) is 9.81. The molecule has 1 rings (SSSR count). The van der Waals surface area contributed by atoms with Crippen molar-refractivity contribution < 1.29 is 14.3 Å². The van der Waals surface area contributed by atoms with Gasteiger partial charge in [0, 0.05) is 13.0 Å². The Morgan fingerprint density at radius 2 is 2.38 bits per heavy atom. The predicted octanol–water partition coefficient (Wildman–Crippen LogP) is -0.122. The predicted molar refractivity (Wildman–Crippen MR) is 54.6 cm³/mol. The first-order valence-corrected chi connectivity index (χ1v) is 5.03. The minimum Gasteiger partial charge on any atom is -0.466 e. The topological polar surface area (TPSA) is 97.0 Å². The van der Waals surface area contributed by atoms with Crippen molar-refractivity contribution in [3.05, 3.63) is 12.2 Å². The standard InChI is InChI=1S/C9H14N4O3/c1-2-16-7(14)4-3-5-10-9(15)8-11-6-12-13-8/h6H,2-5H2,1H3,(H,10,15)(H,11,12,13). The zero-order valence-electron chi connectivity index (χ0n) is 9.02. The lowest BCUT2D eigenvalue weighted by Gasteiger charge is -2.02. The van der Waals surface area contributed by atoms with Crippen molar-refractivity contribution in [2.45, 2.75) is 19.8 Å². The Bertz CT molecular complexity index is 337. The smallest absolute Gasteiger partial charge is 0.305 e. The van der Waals surface area contributed by atoms with Gasteiger partial charge in [-0.05, 0) is 13.3 Å². The van der Waals surface area contributed by atoms with E-state index in [-0.39, 0.29) is 17.7 Å². The molecule has 0 fully saturated rings. The van der Waals surface area contributed by atoms with Crippen LogP contribution in [-0.4, -0.2) is 40.2 Å². The molecule has 0 aromatic carbocycles. The quantitative estimate of drug-likeness (QED) is 0.520. The van der Waals surface area contributed by atoms with Crippen LogP contribution in [0.2, 0.25) is 0 Å². The summed E-state index contributed by atoms with van der Waals surface area (Å²) in [4.78, 5) is 26.0. The van der Waals surface area contributed by atoms with E-state index in [4.69, 9.17) is 4.74 Å². The van der Waals surface area contributed by atoms with E-state index in [1.807, 2.05) is 0 Å². The molecule has 0 unspecified atom stereocenters. The first kappa shape index (κ1) is 12.2. The van der Waals surface area contributed by atoms with Crippen LogP contribution in [0.4, 0.5) is 0 Å². The van der Waals surface area contributed by atoms with Crippen LogP contribution in [0.25, 0.3) is 0 Å². The van der Waals surface area contributed by atoms with Gasteiger partial charge in [0.1, 0.15) is 6.33 Å². The van der Waals surface area contributed by atoms with Gasteiger partial charge in [-0.15, -0.1) is 0 Å². The number of ether oxygens (including phenoxy) is 1. The number of H-pyrrole nitrogens is 1. The summed E-state index contributed by atoms with van der Waals surface area (Å²) in [6.07, 6.45) is 2.09. The molecule has 16 heavy (non-hydrogen) atoms. The second kappa shape index (κ2) is 6.54. The molecule has 1 heterocycles. The van der Waals surface area contributed by atoms with E-state index >= 15 is 0 Å². The maximum atomic E-state index is 11.3. The molecule has 1 aromatic rings. The third-order valence-corrected chi connectivity index (χ3v) is 1.78. The van der Waals surface area contributed by atoms with Crippen LogP contribution in [0.15, 0.2) is 6.33 Å². The average molecular weight is 226 g/mol. The molecule has 0 radical (unpaired) electrons. The van der Waals surface area contributed by atoms with E-state index in [1.165, 1.54) is 6.33 Å². The number of carbonyl (C=O) groups excluding carboxylic acids is 2. The third kappa shape index (κ3) is 4.07. The Labute approximate surface area is 92.6 Å². The molecule has 0 aliphatic heterocycles. The van der Waals surface area contributed by atoms with E-state index < -0.39 is 0 Å². The molecule has 88 valence electrons. The van der Waals surface area contributed by atoms with Gasteiger partial charge in [-0.2, -0.15) is 5.10 Å². The second-order valence-corrected chi connectivity index (χ2v) is 3.00. The monoisotopic (exact) mass is 226 g/mol. The number of amides is 1. The lowest BCUT2D eigenvalue weighted by Crippen LogP contribution is -2.26. The van der Waals surface area contributed by atoms with Gasteiger partial charge in [0.15, 0.2) is 0 Å². The number of nitrogens with one attached hydrogen (secondary N) is 2. The molecular weight excluding hydrogens is 212 g/mol. The van der Waals surface area contributed by atoms with Gasteiger partial charge in [0.05, 0.1) is 6.61 Å². The van der Waals surface area contributed by atoms with Gasteiger partial charge in [-0.25, -0.2) is 4.98 Å². The number of aromatic amines is 1. The fourth-order valence-corrected chi connectivity index (χ4v) is 1.07. The van der Waals surface area contributed by atoms with Crippen LogP contribution < -0.4 is 5.32 Å². The van der Waals surface area contributed by atoms with E-state index in [1.54, 1.807) is 6.92 Å². The van der Waals surface area contributed by atoms with Crippen molar-refractivity contribution in [1.29, 1.82) is 0 Å². The highest BCUT2D eigenvalue weighted by Crippen LogP contribution is 1.92. The molecule has 0 spiro atoms. The lowest BCUT2D eigenvalue weighted by atomic mass is 10.3. The SMILES string of the molecule is CCOC(=O)CCCNC(=O)c1ncn[nH]1. The highest BCUT2D eigenvalue weighted by molar-refractivity contribution is 5.90. The van der Waals surface area contributed by atoms with Crippen molar-refractivity contribution in [1.82, 2.24) is 20.5 Å². The first-order chi connectivity index (χ1) is 7.74. The summed E-state index contributed by atoms with van der Waals surface area (Å²) >= 11 is 0. The van der Waals surface area contributed by atoms with Crippen LogP contribution in [0.1, 0.15) is 30.4 Å². The summed E-state index contributed by atoms with van der Waals surface area (Å²) in [7, 11) is 0. The number of rotatable bonds is 6. The van der Waals surface area contributed by atoms with E-state index in [0.717, 1.165) is 0 Å². The van der Waals surface area contributed by atoms with Crippen LogP contribution in [0.5, 0.6) is 0 Å². The first-order valence-electron chi connectivity index (χ1n) is 5.03. The van der Waals surface area contributed by atoms with Crippen LogP contribution in [-0.2, 0) is 9.53 Å². The van der Waals surface area contributed by atoms with Crippen molar-refractivity contribution >= 4 is 11.9 Å². The maximum Gasteiger partial charge on any atom is 0.305 e. The largest absolute Gasteiger partial charge is 0.466 e. The molecule has 1 aromatic heterocycles. The summed E-state index contributed by atoms with van der Waals surface area (Å²) in [6.45, 7) is 2.53. The van der Waals surface area contributed by atoms with Crippen molar-refractivity contribution in [2.24, 2.45) is 0 Å². The number of aromatic nitrogens is 3. The van der Waals surface area contributed by atoms with Crippen LogP contribution in [0.3, 0.4) is 0 Å². The Kier molecular flexibility index (Phi) is 4.97. The Balaban J connectivity index is 2.12. The fraction of sp³-hybridized carbons (Fsp3) is 0.556. The minimum absolute atomic E-state index is 0.163. The summed E-state index contributed by atoms with van der Waals surface area (Å²) in [6, 6.07) is 0. The summed E-state index contributed by atoms with van der Waals surface area (Å²) < 4.78 is 4.74. The van der Waals surface area contributed by atoms with Gasteiger partial charge in [0.2, 0.25) is 5.82 Å². The zero-order chi connectivity index (χ0) is 11.8. The molecule has 0 atom stereocenters. The molecular formula is C9H14N4O3. The highest BCUT2D eigenvalue weighted by Gasteiger charge is 2.07. The van der Waals surface area contributed by atoms with Gasteiger partial charge < -0.3 is 10.1 Å². The zero-order valence-corrected chi connectivity index (χ0v) is 9.02. The Hall–Kier alpha value is -1.92. The molecule has 7 heteroatoms. The number of carbonyl (C=O) groups is 2. The molecule has 0 aliphatic carbocycles. The number of esters is 1. The summed E-state index contributed by atoms with van der Waals surface area (Å²) in [5.74, 6) is -0.422. The van der Waals surface area contributed by atoms with Gasteiger partial charge in [-0.3, -0.25) is 14.7 Å². The summed E-state index contributed by atoms with van der Waals surface area (Å²) in [5.41, 5.74) is 0. The minimum atomic E-state index is -0.332. The van der Waals surface area contributed by atoms with E-state index in [0.29, 0.717) is 26.0 Å². The molecule has 0 saturated heterocycles. The molecule has 7 nitrogen and oxygen atoms in total. The van der Waals surface area contributed by atoms with Gasteiger partial charge >= 0.3 is 5.97 Å². The molecule has 0 aliphatic rings. The fourth-order valence-electron chi connectivity index (χ4n) is 1.07. The second-order valence-electron chi connectivity index (χ2n) is 3.00. The summed E-state index contributed by atoms with van der Waals surface area (Å²) in [5, 5.41) is 8.60. The van der Waals surface area contributed by atoms with Gasteiger partial charge in [-0.1, -0.05) is 0 Å². The third-order valence-electron chi connectivity index (χ3n) is 1.78. The highest BCUT2D eigenvalue weighted by atomic mass is 16.5. The molecule has 0 bridgehead atoms. The number of hydrogen-bond acceptors (Lipinski definition) is 5. The van der Waals surface area contributed by atoms with Crippen molar-refractivity contribution in [3.8, 4) is 0 Å². The molecule has 0 saturated carbocycles. The van der Waals surface area contributed by atoms with Crippen LogP contribution >= 0.6 is 0 Å². The maximum absolute atomic E-state index is 11.3. The Morgan fingerprint density at radius 1 is 1.56 bits per heavy atom. The van der Waals surface area contributed by atoms with E-state index in [2.05, 4.69) is 20.5 Å². The van der Waals surface area contributed by atoms with Gasteiger partial charge in [0.25, 0.3) is 5.91 Å². The van der Waals surface area contributed by atoms with Crippen molar-refractivity contribution in [2.75, 3.05) is 13.2 Å². The van der Waals surface area contributed by atoms with E-state index in [9.17, 15) is 9.59 Å². The lowest BCUT2D eigenvalue weighted by molar-refractivity contribution is -0.143. The van der Waals surface area contributed by atoms with Crippen LogP contribution in [0, 0.1) is 0 Å². The number of hydrogen-bond donors (Lipinski definition) is 2. The molecule has 1 amide bonds. The van der Waals surface area contributed by atoms with Crippen molar-refractivity contribution in [3.63, 3.8) is 0 Å². The molecule has 2 N–H and O–H groups in total. The average Bonchev–Trinajstić information content (AvgIpc) is 2.78. The number of nitrogens with zero attached hydrogens (tertiary/aromatic N) is 2.